The molecule has 0 aliphatic heterocycles. The SMILES string of the molecule is C=CCOC(C)CNCc1ccc(F)c(C)c1. The van der Waals surface area contributed by atoms with Crippen molar-refractivity contribution >= 4 is 0 Å². The quantitative estimate of drug-likeness (QED) is 0.736. The zero-order valence-electron chi connectivity index (χ0n) is 10.5. The Labute approximate surface area is 102 Å². The summed E-state index contributed by atoms with van der Waals surface area (Å²) in [5.74, 6) is -0.156. The van der Waals surface area contributed by atoms with Crippen LogP contribution in [0.25, 0.3) is 0 Å². The predicted octanol–water partition coefficient (Wildman–Crippen LogP) is 2.81. The topological polar surface area (TPSA) is 21.3 Å². The minimum atomic E-state index is -0.156. The summed E-state index contributed by atoms with van der Waals surface area (Å²) < 4.78 is 18.5. The minimum Gasteiger partial charge on any atom is -0.373 e. The molecule has 0 spiro atoms. The Hall–Kier alpha value is -1.19. The van der Waals surface area contributed by atoms with Crippen LogP contribution in [0.2, 0.25) is 0 Å². The molecule has 0 aliphatic carbocycles. The van der Waals surface area contributed by atoms with E-state index < -0.39 is 0 Å². The zero-order valence-corrected chi connectivity index (χ0v) is 10.5. The zero-order chi connectivity index (χ0) is 12.7. The molecule has 17 heavy (non-hydrogen) atoms. The van der Waals surface area contributed by atoms with Crippen LogP contribution in [0, 0.1) is 12.7 Å². The van der Waals surface area contributed by atoms with Crippen molar-refractivity contribution in [3.05, 3.63) is 47.8 Å². The molecule has 0 heterocycles. The van der Waals surface area contributed by atoms with Gasteiger partial charge in [-0.25, -0.2) is 4.39 Å². The molecular weight excluding hydrogens is 217 g/mol. The van der Waals surface area contributed by atoms with Crippen LogP contribution < -0.4 is 5.32 Å². The van der Waals surface area contributed by atoms with Crippen molar-refractivity contribution in [3.8, 4) is 0 Å². The van der Waals surface area contributed by atoms with Crippen LogP contribution in [0.3, 0.4) is 0 Å². The first-order chi connectivity index (χ1) is 8.13. The summed E-state index contributed by atoms with van der Waals surface area (Å²) in [6.45, 7) is 9.44. The maximum absolute atomic E-state index is 13.0. The predicted molar refractivity (Wildman–Crippen MR) is 68.5 cm³/mol. The third-order valence-corrected chi connectivity index (χ3v) is 2.48. The standard InChI is InChI=1S/C14H20FNO/c1-4-7-17-12(3)9-16-10-13-5-6-14(15)11(2)8-13/h4-6,8,12,16H,1,7,9-10H2,2-3H3. The van der Waals surface area contributed by atoms with Crippen LogP contribution in [0.4, 0.5) is 4.39 Å². The molecule has 0 saturated carbocycles. The molecule has 1 aromatic rings. The van der Waals surface area contributed by atoms with E-state index in [0.29, 0.717) is 12.2 Å². The van der Waals surface area contributed by atoms with Gasteiger partial charge in [0.15, 0.2) is 0 Å². The number of aryl methyl sites for hydroxylation is 1. The summed E-state index contributed by atoms with van der Waals surface area (Å²) >= 11 is 0. The van der Waals surface area contributed by atoms with Crippen molar-refractivity contribution in [2.45, 2.75) is 26.5 Å². The Morgan fingerprint density at radius 1 is 1.53 bits per heavy atom. The lowest BCUT2D eigenvalue weighted by atomic mass is 10.1. The number of benzene rings is 1. The van der Waals surface area contributed by atoms with E-state index in [0.717, 1.165) is 18.7 Å². The van der Waals surface area contributed by atoms with Crippen LogP contribution >= 0.6 is 0 Å². The summed E-state index contributed by atoms with van der Waals surface area (Å²) in [5, 5.41) is 3.28. The largest absolute Gasteiger partial charge is 0.373 e. The average molecular weight is 237 g/mol. The summed E-state index contributed by atoms with van der Waals surface area (Å²) in [6.07, 6.45) is 1.88. The first-order valence-corrected chi connectivity index (χ1v) is 5.81. The van der Waals surface area contributed by atoms with Crippen molar-refractivity contribution in [1.82, 2.24) is 5.32 Å². The highest BCUT2D eigenvalue weighted by Gasteiger charge is 2.02. The van der Waals surface area contributed by atoms with Gasteiger partial charge < -0.3 is 10.1 Å². The third kappa shape index (κ3) is 5.11. The molecule has 0 bridgehead atoms. The van der Waals surface area contributed by atoms with Crippen molar-refractivity contribution in [1.29, 1.82) is 0 Å². The van der Waals surface area contributed by atoms with E-state index in [4.69, 9.17) is 4.74 Å². The monoisotopic (exact) mass is 237 g/mol. The fraction of sp³-hybridized carbons (Fsp3) is 0.429. The molecule has 0 amide bonds. The molecular formula is C14H20FNO. The third-order valence-electron chi connectivity index (χ3n) is 2.48. The molecule has 0 saturated heterocycles. The van der Waals surface area contributed by atoms with Crippen LogP contribution in [-0.2, 0) is 11.3 Å². The summed E-state index contributed by atoms with van der Waals surface area (Å²) in [7, 11) is 0. The van der Waals surface area contributed by atoms with E-state index in [9.17, 15) is 4.39 Å². The van der Waals surface area contributed by atoms with Gasteiger partial charge in [-0.15, -0.1) is 6.58 Å². The van der Waals surface area contributed by atoms with E-state index >= 15 is 0 Å². The Kier molecular flexibility index (Phi) is 5.87. The molecule has 1 rings (SSSR count). The van der Waals surface area contributed by atoms with Gasteiger partial charge in [-0.2, -0.15) is 0 Å². The molecule has 1 aromatic carbocycles. The highest BCUT2D eigenvalue weighted by Crippen LogP contribution is 2.08. The first-order valence-electron chi connectivity index (χ1n) is 5.81. The Balaban J connectivity index is 2.30. The van der Waals surface area contributed by atoms with E-state index in [1.807, 2.05) is 13.0 Å². The molecule has 94 valence electrons. The number of ether oxygens (including phenoxy) is 1. The van der Waals surface area contributed by atoms with Crippen molar-refractivity contribution in [3.63, 3.8) is 0 Å². The summed E-state index contributed by atoms with van der Waals surface area (Å²) in [5.41, 5.74) is 1.76. The van der Waals surface area contributed by atoms with Gasteiger partial charge >= 0.3 is 0 Å². The van der Waals surface area contributed by atoms with Gasteiger partial charge in [0.2, 0.25) is 0 Å². The minimum absolute atomic E-state index is 0.148. The second-order valence-corrected chi connectivity index (χ2v) is 4.15. The molecule has 2 nitrogen and oxygen atoms in total. The van der Waals surface area contributed by atoms with Gasteiger partial charge in [0.1, 0.15) is 5.82 Å². The maximum Gasteiger partial charge on any atom is 0.126 e. The second kappa shape index (κ2) is 7.20. The lowest BCUT2D eigenvalue weighted by molar-refractivity contribution is 0.0877. The van der Waals surface area contributed by atoms with E-state index in [-0.39, 0.29) is 11.9 Å². The molecule has 1 unspecified atom stereocenters. The normalized spacial score (nSPS) is 12.4. The molecule has 0 radical (unpaired) electrons. The summed E-state index contributed by atoms with van der Waals surface area (Å²) in [4.78, 5) is 0. The first kappa shape index (κ1) is 13.9. The van der Waals surface area contributed by atoms with Gasteiger partial charge in [-0.05, 0) is 31.0 Å². The second-order valence-electron chi connectivity index (χ2n) is 4.15. The van der Waals surface area contributed by atoms with Crippen LogP contribution in [0.5, 0.6) is 0 Å². The van der Waals surface area contributed by atoms with Crippen LogP contribution in [0.15, 0.2) is 30.9 Å². The molecule has 1 atom stereocenters. The van der Waals surface area contributed by atoms with Crippen LogP contribution in [-0.4, -0.2) is 19.3 Å². The average Bonchev–Trinajstić information content (AvgIpc) is 2.31. The van der Waals surface area contributed by atoms with Gasteiger partial charge in [-0.3, -0.25) is 0 Å². The van der Waals surface area contributed by atoms with Gasteiger partial charge in [-0.1, -0.05) is 18.2 Å². The van der Waals surface area contributed by atoms with E-state index in [1.54, 1.807) is 19.1 Å². The molecule has 1 N–H and O–H groups in total. The van der Waals surface area contributed by atoms with Crippen molar-refractivity contribution in [2.75, 3.05) is 13.2 Å². The van der Waals surface area contributed by atoms with Crippen LogP contribution in [0.1, 0.15) is 18.1 Å². The van der Waals surface area contributed by atoms with Gasteiger partial charge in [0, 0.05) is 13.1 Å². The highest BCUT2D eigenvalue weighted by atomic mass is 19.1. The molecule has 0 fully saturated rings. The number of hydrogen-bond acceptors (Lipinski definition) is 2. The highest BCUT2D eigenvalue weighted by molar-refractivity contribution is 5.23. The van der Waals surface area contributed by atoms with E-state index in [2.05, 4.69) is 11.9 Å². The number of hydrogen-bond donors (Lipinski definition) is 1. The number of nitrogens with one attached hydrogen (secondary N) is 1. The van der Waals surface area contributed by atoms with Crippen molar-refractivity contribution < 1.29 is 9.13 Å². The lowest BCUT2D eigenvalue weighted by Crippen LogP contribution is -2.26. The number of halogens is 1. The Bertz CT molecular complexity index is 365. The van der Waals surface area contributed by atoms with Crippen molar-refractivity contribution in [2.24, 2.45) is 0 Å². The fourth-order valence-electron chi connectivity index (χ4n) is 1.53. The molecule has 3 heteroatoms. The smallest absolute Gasteiger partial charge is 0.126 e. The maximum atomic E-state index is 13.0. The molecule has 0 aliphatic rings. The van der Waals surface area contributed by atoms with Gasteiger partial charge in [0.05, 0.1) is 12.7 Å². The number of rotatable bonds is 7. The molecule has 0 aromatic heterocycles. The Morgan fingerprint density at radius 2 is 2.29 bits per heavy atom. The van der Waals surface area contributed by atoms with Gasteiger partial charge in [0.25, 0.3) is 0 Å². The Morgan fingerprint density at radius 3 is 2.94 bits per heavy atom. The lowest BCUT2D eigenvalue weighted by Gasteiger charge is -2.13. The fourth-order valence-corrected chi connectivity index (χ4v) is 1.53. The van der Waals surface area contributed by atoms with E-state index in [1.165, 1.54) is 6.07 Å². The summed E-state index contributed by atoms with van der Waals surface area (Å²) in [6, 6.07) is 5.16.